The molecule has 7 heteroatoms. The van der Waals surface area contributed by atoms with Gasteiger partial charge in [0.2, 0.25) is 5.91 Å². The highest BCUT2D eigenvalue weighted by Gasteiger charge is 2.19. The zero-order chi connectivity index (χ0) is 22.1. The summed E-state index contributed by atoms with van der Waals surface area (Å²) in [6.07, 6.45) is 5.59. The number of nitrogens with two attached hydrogens (primary N) is 2. The summed E-state index contributed by atoms with van der Waals surface area (Å²) in [5.41, 5.74) is 15.4. The van der Waals surface area contributed by atoms with Crippen LogP contribution in [0.2, 0.25) is 0 Å². The monoisotopic (exact) mass is 449 g/mol. The highest BCUT2D eigenvalue weighted by atomic mass is 35.5. The van der Waals surface area contributed by atoms with Gasteiger partial charge in [-0.25, -0.2) is 0 Å². The van der Waals surface area contributed by atoms with Gasteiger partial charge in [-0.15, -0.1) is 12.4 Å². The first-order valence-electron chi connectivity index (χ1n) is 10.9. The van der Waals surface area contributed by atoms with Crippen molar-refractivity contribution in [2.24, 2.45) is 11.5 Å². The van der Waals surface area contributed by atoms with Crippen LogP contribution in [0.4, 0.5) is 5.69 Å². The number of aryl methyl sites for hydroxylation is 2. The standard InChI is InChI=1S/C24H35N3O3.ClH/c1-3-7-16-13-20(19-11-10-18(28)15-17(19)8-4-2)23(29)22(14-16)27-24(30)21(26)9-5-6-12-25;/h10-11,13-15,21,28-29H,3-9,12,25-26H2,1-2H3,(H,27,30);1H/t21-;/m0./s1. The van der Waals surface area contributed by atoms with Crippen LogP contribution in [-0.2, 0) is 17.6 Å². The molecule has 1 amide bonds. The Hall–Kier alpha value is -2.28. The Kier molecular flexibility index (Phi) is 11.4. The van der Waals surface area contributed by atoms with Crippen molar-refractivity contribution in [3.8, 4) is 22.6 Å². The summed E-state index contributed by atoms with van der Waals surface area (Å²) < 4.78 is 0. The number of carbonyl (C=O) groups excluding carboxylic acids is 1. The molecule has 7 N–H and O–H groups in total. The lowest BCUT2D eigenvalue weighted by molar-refractivity contribution is -0.117. The Morgan fingerprint density at radius 2 is 1.74 bits per heavy atom. The number of anilines is 1. The van der Waals surface area contributed by atoms with Crippen molar-refractivity contribution in [2.75, 3.05) is 11.9 Å². The van der Waals surface area contributed by atoms with E-state index in [0.29, 0.717) is 24.2 Å². The van der Waals surface area contributed by atoms with Gasteiger partial charge in [-0.1, -0.05) is 39.2 Å². The second-order valence-corrected chi connectivity index (χ2v) is 7.76. The lowest BCUT2D eigenvalue weighted by atomic mass is 9.93. The first-order chi connectivity index (χ1) is 14.4. The molecule has 2 aromatic rings. The molecule has 0 unspecified atom stereocenters. The van der Waals surface area contributed by atoms with Crippen molar-refractivity contribution in [1.29, 1.82) is 0 Å². The normalized spacial score (nSPS) is 11.6. The van der Waals surface area contributed by atoms with Crippen molar-refractivity contribution < 1.29 is 15.0 Å². The summed E-state index contributed by atoms with van der Waals surface area (Å²) in [5, 5.41) is 23.7. The smallest absolute Gasteiger partial charge is 0.241 e. The fraction of sp³-hybridized carbons (Fsp3) is 0.458. The van der Waals surface area contributed by atoms with Gasteiger partial charge in [0, 0.05) is 5.56 Å². The number of aromatic hydroxyl groups is 2. The molecule has 0 saturated carbocycles. The second kappa shape index (κ2) is 13.2. The minimum Gasteiger partial charge on any atom is -0.508 e. The largest absolute Gasteiger partial charge is 0.508 e. The van der Waals surface area contributed by atoms with E-state index >= 15 is 0 Å². The molecule has 0 aliphatic carbocycles. The van der Waals surface area contributed by atoms with Crippen LogP contribution in [0.25, 0.3) is 11.1 Å². The summed E-state index contributed by atoms with van der Waals surface area (Å²) in [6.45, 7) is 4.73. The summed E-state index contributed by atoms with van der Waals surface area (Å²) >= 11 is 0. The summed E-state index contributed by atoms with van der Waals surface area (Å²) in [5.74, 6) is -0.106. The molecule has 0 bridgehead atoms. The van der Waals surface area contributed by atoms with Gasteiger partial charge in [0.05, 0.1) is 11.7 Å². The predicted octanol–water partition coefficient (Wildman–Crippen LogP) is 4.49. The molecule has 2 aromatic carbocycles. The molecule has 0 aliphatic heterocycles. The molecule has 0 radical (unpaired) electrons. The number of nitrogens with one attached hydrogen (secondary N) is 1. The van der Waals surface area contributed by atoms with Gasteiger partial charge in [0.1, 0.15) is 11.5 Å². The number of hydrogen-bond donors (Lipinski definition) is 5. The number of carbonyl (C=O) groups is 1. The van der Waals surface area contributed by atoms with Gasteiger partial charge in [-0.05, 0) is 73.2 Å². The Bertz CT molecular complexity index is 858. The molecule has 1 atom stereocenters. The molecule has 0 heterocycles. The predicted molar refractivity (Wildman–Crippen MR) is 130 cm³/mol. The van der Waals surface area contributed by atoms with Gasteiger partial charge in [0.25, 0.3) is 0 Å². The molecule has 0 saturated heterocycles. The maximum absolute atomic E-state index is 12.6. The maximum Gasteiger partial charge on any atom is 0.241 e. The zero-order valence-corrected chi connectivity index (χ0v) is 19.3. The molecular weight excluding hydrogens is 414 g/mol. The zero-order valence-electron chi connectivity index (χ0n) is 18.5. The van der Waals surface area contributed by atoms with E-state index in [1.165, 1.54) is 0 Å². The van der Waals surface area contributed by atoms with Crippen LogP contribution in [0.5, 0.6) is 11.5 Å². The van der Waals surface area contributed by atoms with E-state index < -0.39 is 6.04 Å². The van der Waals surface area contributed by atoms with Crippen LogP contribution >= 0.6 is 12.4 Å². The van der Waals surface area contributed by atoms with Crippen LogP contribution in [0.1, 0.15) is 57.1 Å². The van der Waals surface area contributed by atoms with Gasteiger partial charge in [-0.3, -0.25) is 4.79 Å². The lowest BCUT2D eigenvalue weighted by Crippen LogP contribution is -2.35. The third-order valence-corrected chi connectivity index (χ3v) is 5.17. The quantitative estimate of drug-likeness (QED) is 0.255. The van der Waals surface area contributed by atoms with E-state index in [1.807, 2.05) is 18.2 Å². The van der Waals surface area contributed by atoms with E-state index in [4.69, 9.17) is 11.5 Å². The van der Waals surface area contributed by atoms with Gasteiger partial charge in [0.15, 0.2) is 0 Å². The number of hydrogen-bond acceptors (Lipinski definition) is 5. The highest BCUT2D eigenvalue weighted by Crippen LogP contribution is 2.40. The van der Waals surface area contributed by atoms with Gasteiger partial charge >= 0.3 is 0 Å². The summed E-state index contributed by atoms with van der Waals surface area (Å²) in [6, 6.07) is 8.28. The van der Waals surface area contributed by atoms with E-state index in [1.54, 1.807) is 12.1 Å². The molecule has 2 rings (SSSR count). The minimum atomic E-state index is -0.654. The van der Waals surface area contributed by atoms with Gasteiger partial charge in [-0.2, -0.15) is 0 Å². The number of unbranched alkanes of at least 4 members (excludes halogenated alkanes) is 1. The van der Waals surface area contributed by atoms with Crippen molar-refractivity contribution in [2.45, 2.75) is 64.8 Å². The lowest BCUT2D eigenvalue weighted by Gasteiger charge is -2.18. The number of benzene rings is 2. The van der Waals surface area contributed by atoms with Crippen LogP contribution < -0.4 is 16.8 Å². The number of phenols is 2. The van der Waals surface area contributed by atoms with Crippen LogP contribution in [0.3, 0.4) is 0 Å². The Morgan fingerprint density at radius 3 is 2.39 bits per heavy atom. The van der Waals surface area contributed by atoms with E-state index in [-0.39, 0.29) is 29.8 Å². The molecule has 0 aliphatic rings. The van der Waals surface area contributed by atoms with Crippen molar-refractivity contribution >= 4 is 24.0 Å². The fourth-order valence-corrected chi connectivity index (χ4v) is 3.61. The average molecular weight is 450 g/mol. The summed E-state index contributed by atoms with van der Waals surface area (Å²) in [7, 11) is 0. The van der Waals surface area contributed by atoms with Crippen LogP contribution in [0.15, 0.2) is 30.3 Å². The first kappa shape index (κ1) is 26.8. The van der Waals surface area contributed by atoms with E-state index in [2.05, 4.69) is 19.2 Å². The molecule has 31 heavy (non-hydrogen) atoms. The molecule has 0 spiro atoms. The van der Waals surface area contributed by atoms with Gasteiger partial charge < -0.3 is 27.0 Å². The Morgan fingerprint density at radius 1 is 1.03 bits per heavy atom. The highest BCUT2D eigenvalue weighted by molar-refractivity contribution is 5.97. The van der Waals surface area contributed by atoms with Crippen molar-refractivity contribution in [3.63, 3.8) is 0 Å². The van der Waals surface area contributed by atoms with E-state index in [0.717, 1.165) is 55.2 Å². The van der Waals surface area contributed by atoms with Crippen LogP contribution in [0, 0.1) is 0 Å². The Balaban J connectivity index is 0.00000480. The van der Waals surface area contributed by atoms with Crippen molar-refractivity contribution in [1.82, 2.24) is 0 Å². The average Bonchev–Trinajstić information content (AvgIpc) is 2.71. The summed E-state index contributed by atoms with van der Waals surface area (Å²) in [4.78, 5) is 12.6. The second-order valence-electron chi connectivity index (χ2n) is 7.76. The third kappa shape index (κ3) is 7.42. The number of rotatable bonds is 11. The fourth-order valence-electron chi connectivity index (χ4n) is 3.61. The first-order valence-corrected chi connectivity index (χ1v) is 10.9. The molecule has 0 aromatic heterocycles. The Labute approximate surface area is 191 Å². The van der Waals surface area contributed by atoms with Crippen LogP contribution in [-0.4, -0.2) is 28.7 Å². The number of amides is 1. The minimum absolute atomic E-state index is 0. The third-order valence-electron chi connectivity index (χ3n) is 5.17. The molecule has 6 nitrogen and oxygen atoms in total. The van der Waals surface area contributed by atoms with E-state index in [9.17, 15) is 15.0 Å². The molecular formula is C24H36ClN3O3. The topological polar surface area (TPSA) is 122 Å². The number of halogens is 1. The molecule has 172 valence electrons. The number of phenolic OH excluding ortho intramolecular Hbond substituents is 2. The molecule has 0 fully saturated rings. The maximum atomic E-state index is 12.6. The van der Waals surface area contributed by atoms with Crippen molar-refractivity contribution in [3.05, 3.63) is 41.5 Å². The SMILES string of the molecule is CCCc1cc(NC(=O)[C@@H](N)CCCCN)c(O)c(-c2ccc(O)cc2CCC)c1.Cl.